The number of benzene rings is 1. The summed E-state index contributed by atoms with van der Waals surface area (Å²) in [7, 11) is 0. The molecule has 148 valence electrons. The Balaban J connectivity index is 1.88. The zero-order chi connectivity index (χ0) is 20.7. The van der Waals surface area contributed by atoms with Crippen LogP contribution in [0, 0.1) is 12.7 Å². The van der Waals surface area contributed by atoms with E-state index in [-0.39, 0.29) is 21.8 Å². The van der Waals surface area contributed by atoms with Crippen LogP contribution in [0.1, 0.15) is 50.4 Å². The van der Waals surface area contributed by atoms with Gasteiger partial charge in [0.2, 0.25) is 0 Å². The van der Waals surface area contributed by atoms with Gasteiger partial charge in [0.05, 0.1) is 22.5 Å². The number of aromatic nitrogens is 3. The molecule has 0 unspecified atom stereocenters. The van der Waals surface area contributed by atoms with Gasteiger partial charge in [-0.15, -0.1) is 0 Å². The van der Waals surface area contributed by atoms with Gasteiger partial charge in [0.15, 0.2) is 0 Å². The zero-order valence-electron chi connectivity index (χ0n) is 15.6. The standard InChI is InChI=1S/C21H17ClFN3O3/c1-11-8-9-24-19(22)17(11)20(27)26-16-5-3-2-4-14(16)18(25-26)13-7-6-12(21(28)29)10-15(13)23/h6-10H,2-5H2,1H3,(H,28,29). The van der Waals surface area contributed by atoms with E-state index in [1.54, 1.807) is 13.0 Å². The van der Waals surface area contributed by atoms with Crippen LogP contribution in [0.2, 0.25) is 5.15 Å². The molecular formula is C21H17ClFN3O3. The quantitative estimate of drug-likeness (QED) is 0.646. The lowest BCUT2D eigenvalue weighted by Gasteiger charge is -2.14. The maximum Gasteiger partial charge on any atom is 0.335 e. The molecule has 1 aliphatic rings. The van der Waals surface area contributed by atoms with Gasteiger partial charge in [0.1, 0.15) is 11.0 Å². The normalized spacial score (nSPS) is 13.2. The minimum absolute atomic E-state index is 0.0913. The highest BCUT2D eigenvalue weighted by Gasteiger charge is 2.28. The predicted molar refractivity (Wildman–Crippen MR) is 105 cm³/mol. The minimum Gasteiger partial charge on any atom is -0.478 e. The molecule has 0 spiro atoms. The van der Waals surface area contributed by atoms with E-state index in [9.17, 15) is 14.0 Å². The van der Waals surface area contributed by atoms with Crippen molar-refractivity contribution in [2.45, 2.75) is 32.6 Å². The summed E-state index contributed by atoms with van der Waals surface area (Å²) >= 11 is 6.16. The molecule has 0 fully saturated rings. The van der Waals surface area contributed by atoms with Crippen molar-refractivity contribution in [3.05, 3.63) is 69.4 Å². The van der Waals surface area contributed by atoms with E-state index in [0.717, 1.165) is 30.2 Å². The lowest BCUT2D eigenvalue weighted by Crippen LogP contribution is -2.20. The summed E-state index contributed by atoms with van der Waals surface area (Å²) in [5.74, 6) is -2.31. The topological polar surface area (TPSA) is 85.1 Å². The number of fused-ring (bicyclic) bond motifs is 1. The molecule has 0 saturated carbocycles. The van der Waals surface area contributed by atoms with Crippen LogP contribution >= 0.6 is 11.6 Å². The fourth-order valence-electron chi connectivity index (χ4n) is 3.71. The molecule has 0 aliphatic heterocycles. The summed E-state index contributed by atoms with van der Waals surface area (Å²) in [5.41, 5.74) is 2.87. The first-order valence-corrected chi connectivity index (χ1v) is 9.56. The van der Waals surface area contributed by atoms with Crippen molar-refractivity contribution in [3.63, 3.8) is 0 Å². The van der Waals surface area contributed by atoms with E-state index in [1.807, 2.05) is 0 Å². The number of aromatic carboxylic acids is 1. The lowest BCUT2D eigenvalue weighted by molar-refractivity contribution is 0.0696. The van der Waals surface area contributed by atoms with Crippen molar-refractivity contribution in [2.24, 2.45) is 0 Å². The largest absolute Gasteiger partial charge is 0.478 e. The second-order valence-electron chi connectivity index (χ2n) is 6.99. The van der Waals surface area contributed by atoms with Gasteiger partial charge >= 0.3 is 5.97 Å². The Morgan fingerprint density at radius 1 is 1.21 bits per heavy atom. The summed E-state index contributed by atoms with van der Waals surface area (Å²) in [6, 6.07) is 5.39. The Bertz CT molecular complexity index is 1140. The van der Waals surface area contributed by atoms with Crippen LogP contribution in [0.4, 0.5) is 4.39 Å². The van der Waals surface area contributed by atoms with E-state index >= 15 is 0 Å². The number of halogens is 2. The molecule has 1 aromatic carbocycles. The molecule has 8 heteroatoms. The van der Waals surface area contributed by atoms with E-state index in [0.29, 0.717) is 24.1 Å². The van der Waals surface area contributed by atoms with Crippen molar-refractivity contribution in [3.8, 4) is 11.3 Å². The van der Waals surface area contributed by atoms with Gasteiger partial charge in [-0.25, -0.2) is 14.2 Å². The van der Waals surface area contributed by atoms with Crippen LogP contribution in [0.3, 0.4) is 0 Å². The van der Waals surface area contributed by atoms with Crippen molar-refractivity contribution in [2.75, 3.05) is 0 Å². The fraction of sp³-hybridized carbons (Fsp3) is 0.238. The van der Waals surface area contributed by atoms with E-state index in [4.69, 9.17) is 16.7 Å². The summed E-state index contributed by atoms with van der Waals surface area (Å²) in [6.07, 6.45) is 4.63. The molecule has 0 atom stereocenters. The number of nitrogens with zero attached hydrogens (tertiary/aromatic N) is 3. The molecule has 29 heavy (non-hydrogen) atoms. The van der Waals surface area contributed by atoms with Gasteiger partial charge in [-0.05, 0) is 62.4 Å². The van der Waals surface area contributed by atoms with Crippen LogP contribution in [0.5, 0.6) is 0 Å². The van der Waals surface area contributed by atoms with Crippen LogP contribution in [-0.2, 0) is 12.8 Å². The van der Waals surface area contributed by atoms with Gasteiger partial charge in [0.25, 0.3) is 5.91 Å². The van der Waals surface area contributed by atoms with Gasteiger partial charge in [-0.2, -0.15) is 9.78 Å². The lowest BCUT2D eigenvalue weighted by atomic mass is 9.93. The van der Waals surface area contributed by atoms with Crippen molar-refractivity contribution < 1.29 is 19.1 Å². The Labute approximate surface area is 171 Å². The second-order valence-corrected chi connectivity index (χ2v) is 7.35. The Morgan fingerprint density at radius 2 is 1.97 bits per heavy atom. The average Bonchev–Trinajstić information content (AvgIpc) is 3.07. The van der Waals surface area contributed by atoms with Crippen LogP contribution in [0.15, 0.2) is 30.5 Å². The monoisotopic (exact) mass is 413 g/mol. The molecule has 0 bridgehead atoms. The first-order valence-electron chi connectivity index (χ1n) is 9.18. The Kier molecular flexibility index (Phi) is 4.92. The number of hydrogen-bond acceptors (Lipinski definition) is 4. The van der Waals surface area contributed by atoms with E-state index < -0.39 is 17.7 Å². The maximum absolute atomic E-state index is 14.7. The Hall–Kier alpha value is -3.06. The predicted octanol–water partition coefficient (Wildman–Crippen LogP) is 4.31. The van der Waals surface area contributed by atoms with Gasteiger partial charge < -0.3 is 5.11 Å². The molecule has 1 N–H and O–H groups in total. The molecule has 4 rings (SSSR count). The molecule has 2 aromatic heterocycles. The first-order chi connectivity index (χ1) is 13.9. The van der Waals surface area contributed by atoms with Crippen LogP contribution in [0.25, 0.3) is 11.3 Å². The van der Waals surface area contributed by atoms with Crippen molar-refractivity contribution in [1.29, 1.82) is 0 Å². The highest BCUT2D eigenvalue weighted by molar-refractivity contribution is 6.32. The number of rotatable bonds is 3. The second kappa shape index (κ2) is 7.40. The van der Waals surface area contributed by atoms with Gasteiger partial charge in [0, 0.05) is 17.3 Å². The molecular weight excluding hydrogens is 397 g/mol. The van der Waals surface area contributed by atoms with Gasteiger partial charge in [-0.3, -0.25) is 4.79 Å². The minimum atomic E-state index is -1.21. The third-order valence-corrected chi connectivity index (χ3v) is 5.46. The Morgan fingerprint density at radius 3 is 2.66 bits per heavy atom. The maximum atomic E-state index is 14.7. The molecule has 2 heterocycles. The summed E-state index contributed by atoms with van der Waals surface area (Å²) in [4.78, 5) is 28.3. The smallest absolute Gasteiger partial charge is 0.335 e. The summed E-state index contributed by atoms with van der Waals surface area (Å²) in [5, 5.41) is 13.6. The molecule has 0 saturated heterocycles. The number of aryl methyl sites for hydroxylation is 1. The molecule has 3 aromatic rings. The first kappa shape index (κ1) is 19.3. The highest BCUT2D eigenvalue weighted by Crippen LogP contribution is 2.34. The summed E-state index contributed by atoms with van der Waals surface area (Å²) in [6.45, 7) is 1.77. The number of hydrogen-bond donors (Lipinski definition) is 1. The molecule has 6 nitrogen and oxygen atoms in total. The fourth-order valence-corrected chi connectivity index (χ4v) is 4.00. The van der Waals surface area contributed by atoms with Crippen LogP contribution in [-0.4, -0.2) is 31.7 Å². The van der Waals surface area contributed by atoms with E-state index in [1.165, 1.54) is 23.0 Å². The molecule has 1 aliphatic carbocycles. The zero-order valence-corrected chi connectivity index (χ0v) is 16.3. The third-order valence-electron chi connectivity index (χ3n) is 5.17. The van der Waals surface area contributed by atoms with Crippen molar-refractivity contribution in [1.82, 2.24) is 14.8 Å². The number of carboxylic acids is 1. The number of carbonyl (C=O) groups excluding carboxylic acids is 1. The third kappa shape index (κ3) is 3.31. The van der Waals surface area contributed by atoms with Crippen molar-refractivity contribution >= 4 is 23.5 Å². The van der Waals surface area contributed by atoms with Gasteiger partial charge in [-0.1, -0.05) is 11.6 Å². The molecule has 0 amide bonds. The SMILES string of the molecule is Cc1ccnc(Cl)c1C(=O)n1nc(-c2ccc(C(=O)O)cc2F)c2c1CCCC2. The number of carbonyl (C=O) groups is 2. The number of carboxylic acid groups (broad SMARTS) is 1. The van der Waals surface area contributed by atoms with E-state index in [2.05, 4.69) is 10.1 Å². The van der Waals surface area contributed by atoms with Crippen LogP contribution < -0.4 is 0 Å². The summed E-state index contributed by atoms with van der Waals surface area (Å²) < 4.78 is 16.0. The average molecular weight is 414 g/mol. The molecule has 0 radical (unpaired) electrons. The number of pyridine rings is 1. The highest BCUT2D eigenvalue weighted by atomic mass is 35.5.